The molecule has 0 saturated heterocycles. The summed E-state index contributed by atoms with van der Waals surface area (Å²) in [6.45, 7) is 2.13. The molecule has 4 nitrogen and oxygen atoms in total. The number of rotatable bonds is 6. The highest BCUT2D eigenvalue weighted by molar-refractivity contribution is 5.93. The maximum atomic E-state index is 10.9. The van der Waals surface area contributed by atoms with Crippen LogP contribution in [0.4, 0.5) is 0 Å². The van der Waals surface area contributed by atoms with Crippen molar-refractivity contribution in [2.24, 2.45) is 17.8 Å². The fraction of sp³-hybridized carbons (Fsp3) is 0.714. The summed E-state index contributed by atoms with van der Waals surface area (Å²) >= 11 is 0. The minimum absolute atomic E-state index is 0.212. The molecular formula is C14H22O4. The summed E-state index contributed by atoms with van der Waals surface area (Å²) in [5.41, 5.74) is 0. The Morgan fingerprint density at radius 1 is 1.17 bits per heavy atom. The molecule has 0 amide bonds. The summed E-state index contributed by atoms with van der Waals surface area (Å²) in [6.07, 6.45) is 9.80. The normalized spacial score (nSPS) is 24.6. The summed E-state index contributed by atoms with van der Waals surface area (Å²) in [7, 11) is 0. The van der Waals surface area contributed by atoms with E-state index < -0.39 is 17.9 Å². The first-order chi connectivity index (χ1) is 8.56. The van der Waals surface area contributed by atoms with E-state index in [-0.39, 0.29) is 5.92 Å². The highest BCUT2D eigenvalue weighted by Crippen LogP contribution is 2.34. The lowest BCUT2D eigenvalue weighted by Crippen LogP contribution is -2.33. The van der Waals surface area contributed by atoms with E-state index in [2.05, 4.69) is 19.1 Å². The van der Waals surface area contributed by atoms with Crippen molar-refractivity contribution in [1.82, 2.24) is 0 Å². The van der Waals surface area contributed by atoms with Gasteiger partial charge in [0.15, 0.2) is 5.92 Å². The van der Waals surface area contributed by atoms with Crippen LogP contribution in [0.15, 0.2) is 12.2 Å². The van der Waals surface area contributed by atoms with E-state index in [0.29, 0.717) is 18.8 Å². The molecule has 0 radical (unpaired) electrons. The van der Waals surface area contributed by atoms with Crippen molar-refractivity contribution in [2.75, 3.05) is 0 Å². The van der Waals surface area contributed by atoms with Gasteiger partial charge in [-0.2, -0.15) is 0 Å². The van der Waals surface area contributed by atoms with E-state index in [4.69, 9.17) is 10.2 Å². The van der Waals surface area contributed by atoms with Gasteiger partial charge in [0, 0.05) is 0 Å². The highest BCUT2D eigenvalue weighted by atomic mass is 16.4. The molecule has 0 heterocycles. The molecule has 0 atom stereocenters. The monoisotopic (exact) mass is 254 g/mol. The Morgan fingerprint density at radius 2 is 1.72 bits per heavy atom. The van der Waals surface area contributed by atoms with Gasteiger partial charge in [-0.15, -0.1) is 0 Å². The fourth-order valence-corrected chi connectivity index (χ4v) is 2.64. The molecule has 1 saturated carbocycles. The lowest BCUT2D eigenvalue weighted by molar-refractivity contribution is -0.158. The van der Waals surface area contributed by atoms with Gasteiger partial charge in [0.1, 0.15) is 0 Å². The van der Waals surface area contributed by atoms with Crippen molar-refractivity contribution < 1.29 is 19.8 Å². The topological polar surface area (TPSA) is 74.6 Å². The zero-order valence-electron chi connectivity index (χ0n) is 10.8. The van der Waals surface area contributed by atoms with E-state index in [1.165, 1.54) is 0 Å². The molecule has 2 N–H and O–H groups in total. The van der Waals surface area contributed by atoms with E-state index in [0.717, 1.165) is 25.7 Å². The van der Waals surface area contributed by atoms with E-state index in [1.807, 2.05) is 0 Å². The van der Waals surface area contributed by atoms with Gasteiger partial charge in [0.25, 0.3) is 0 Å². The molecule has 0 aromatic heterocycles. The maximum absolute atomic E-state index is 10.9. The molecule has 0 aliphatic heterocycles. The highest BCUT2D eigenvalue weighted by Gasteiger charge is 2.36. The van der Waals surface area contributed by atoms with Crippen LogP contribution >= 0.6 is 0 Å². The molecule has 1 fully saturated rings. The molecule has 102 valence electrons. The van der Waals surface area contributed by atoms with Crippen molar-refractivity contribution in [3.05, 3.63) is 12.2 Å². The first kappa shape index (κ1) is 14.7. The summed E-state index contributed by atoms with van der Waals surface area (Å²) < 4.78 is 0. The molecule has 0 aromatic rings. The Kier molecular flexibility index (Phi) is 5.89. The van der Waals surface area contributed by atoms with Gasteiger partial charge in [-0.05, 0) is 43.9 Å². The fourth-order valence-electron chi connectivity index (χ4n) is 2.64. The van der Waals surface area contributed by atoms with Crippen LogP contribution in [0.1, 0.15) is 45.4 Å². The van der Waals surface area contributed by atoms with E-state index in [1.54, 1.807) is 0 Å². The second-order valence-electron chi connectivity index (χ2n) is 5.05. The van der Waals surface area contributed by atoms with Crippen LogP contribution in [-0.2, 0) is 9.59 Å². The molecule has 1 aliphatic carbocycles. The SMILES string of the molecule is CCCC=C[C@H]1CC[C@H](C(C(=O)O)C(=O)O)CC1. The number of allylic oxidation sites excluding steroid dienone is 2. The van der Waals surface area contributed by atoms with E-state index >= 15 is 0 Å². The van der Waals surface area contributed by atoms with Gasteiger partial charge in [0.05, 0.1) is 0 Å². The number of carboxylic acids is 2. The Balaban J connectivity index is 2.47. The summed E-state index contributed by atoms with van der Waals surface area (Å²) in [5, 5.41) is 17.9. The molecule has 4 heteroatoms. The molecule has 1 rings (SSSR count). The van der Waals surface area contributed by atoms with Crippen molar-refractivity contribution >= 4 is 11.9 Å². The molecule has 0 aromatic carbocycles. The summed E-state index contributed by atoms with van der Waals surface area (Å²) in [6, 6.07) is 0. The van der Waals surface area contributed by atoms with Crippen molar-refractivity contribution in [1.29, 1.82) is 0 Å². The predicted octanol–water partition coefficient (Wildman–Crippen LogP) is 2.93. The predicted molar refractivity (Wildman–Crippen MR) is 68.3 cm³/mol. The van der Waals surface area contributed by atoms with Gasteiger partial charge < -0.3 is 10.2 Å². The number of hydrogen-bond donors (Lipinski definition) is 2. The van der Waals surface area contributed by atoms with Crippen LogP contribution in [0.5, 0.6) is 0 Å². The molecular weight excluding hydrogens is 232 g/mol. The minimum Gasteiger partial charge on any atom is -0.481 e. The van der Waals surface area contributed by atoms with Gasteiger partial charge >= 0.3 is 11.9 Å². The third-order valence-electron chi connectivity index (χ3n) is 3.68. The third kappa shape index (κ3) is 4.17. The van der Waals surface area contributed by atoms with Crippen LogP contribution < -0.4 is 0 Å². The minimum atomic E-state index is -1.23. The molecule has 18 heavy (non-hydrogen) atoms. The lowest BCUT2D eigenvalue weighted by Gasteiger charge is -2.28. The Hall–Kier alpha value is -1.32. The Labute approximate surface area is 108 Å². The van der Waals surface area contributed by atoms with Gasteiger partial charge in [-0.25, -0.2) is 0 Å². The van der Waals surface area contributed by atoms with Crippen LogP contribution in [0.3, 0.4) is 0 Å². The average Bonchev–Trinajstić information content (AvgIpc) is 2.30. The Morgan fingerprint density at radius 3 is 2.17 bits per heavy atom. The van der Waals surface area contributed by atoms with Crippen LogP contribution in [0, 0.1) is 17.8 Å². The zero-order chi connectivity index (χ0) is 13.5. The molecule has 0 bridgehead atoms. The quantitative estimate of drug-likeness (QED) is 0.564. The van der Waals surface area contributed by atoms with Crippen molar-refractivity contribution in [2.45, 2.75) is 45.4 Å². The third-order valence-corrected chi connectivity index (χ3v) is 3.68. The summed E-state index contributed by atoms with van der Waals surface area (Å²) in [5.74, 6) is -3.35. The number of carboxylic acid groups (broad SMARTS) is 2. The van der Waals surface area contributed by atoms with E-state index in [9.17, 15) is 9.59 Å². The molecule has 0 spiro atoms. The zero-order valence-corrected chi connectivity index (χ0v) is 10.8. The molecule has 1 aliphatic rings. The largest absolute Gasteiger partial charge is 0.481 e. The number of aliphatic carboxylic acids is 2. The number of unbranched alkanes of at least 4 members (excludes halogenated alkanes) is 1. The second kappa shape index (κ2) is 7.19. The van der Waals surface area contributed by atoms with Gasteiger partial charge in [-0.1, -0.05) is 25.5 Å². The van der Waals surface area contributed by atoms with Crippen LogP contribution in [-0.4, -0.2) is 22.2 Å². The Bertz CT molecular complexity index is 300. The van der Waals surface area contributed by atoms with Gasteiger partial charge in [0.2, 0.25) is 0 Å². The van der Waals surface area contributed by atoms with Crippen LogP contribution in [0.2, 0.25) is 0 Å². The van der Waals surface area contributed by atoms with Gasteiger partial charge in [-0.3, -0.25) is 9.59 Å². The average molecular weight is 254 g/mol. The maximum Gasteiger partial charge on any atom is 0.318 e. The standard InChI is InChI=1S/C14H22O4/c1-2-3-4-5-10-6-8-11(9-7-10)12(13(15)16)14(17)18/h4-5,10-12H,2-3,6-9H2,1H3,(H,15,16)(H,17,18)/t10-,11-. The summed E-state index contributed by atoms with van der Waals surface area (Å²) in [4.78, 5) is 21.9. The van der Waals surface area contributed by atoms with Crippen molar-refractivity contribution in [3.63, 3.8) is 0 Å². The van der Waals surface area contributed by atoms with Crippen molar-refractivity contribution in [3.8, 4) is 0 Å². The second-order valence-corrected chi connectivity index (χ2v) is 5.05. The number of carbonyl (C=O) groups is 2. The van der Waals surface area contributed by atoms with Crippen LogP contribution in [0.25, 0.3) is 0 Å². The first-order valence-corrected chi connectivity index (χ1v) is 6.68. The molecule has 0 unspecified atom stereocenters. The lowest BCUT2D eigenvalue weighted by atomic mass is 9.75. The smallest absolute Gasteiger partial charge is 0.318 e. The first-order valence-electron chi connectivity index (χ1n) is 6.68. The number of hydrogen-bond acceptors (Lipinski definition) is 2.